The Morgan fingerprint density at radius 2 is 1.55 bits per heavy atom. The van der Waals surface area contributed by atoms with Crippen molar-refractivity contribution in [2.45, 2.75) is 0 Å². The highest BCUT2D eigenvalue weighted by Crippen LogP contribution is 2.13. The van der Waals surface area contributed by atoms with Gasteiger partial charge in [0.2, 0.25) is 0 Å². The zero-order chi connectivity index (χ0) is 14.7. The molecule has 20 heavy (non-hydrogen) atoms. The van der Waals surface area contributed by atoms with Crippen molar-refractivity contribution in [3.8, 4) is 5.88 Å². The van der Waals surface area contributed by atoms with E-state index < -0.39 is 17.9 Å². The number of hydrogen-bond donors (Lipinski definition) is 3. The molecule has 3 N–H and O–H groups in total. The van der Waals surface area contributed by atoms with Crippen LogP contribution in [0, 0.1) is 0 Å². The first-order valence-electron chi connectivity index (χ1n) is 5.17. The Hall–Kier alpha value is -3.23. The molecule has 0 spiro atoms. The Bertz CT molecular complexity index is 647. The first-order valence-corrected chi connectivity index (χ1v) is 5.17. The number of aromatic nitrogens is 3. The number of H-pyrrole nitrogens is 1. The van der Waals surface area contributed by atoms with E-state index in [0.717, 1.165) is 18.2 Å². The zero-order valence-corrected chi connectivity index (χ0v) is 9.73. The minimum absolute atomic E-state index is 0.118. The van der Waals surface area contributed by atoms with Crippen LogP contribution in [0.2, 0.25) is 0 Å². The van der Waals surface area contributed by atoms with E-state index in [1.165, 1.54) is 6.20 Å². The van der Waals surface area contributed by atoms with Crippen molar-refractivity contribution in [3.05, 3.63) is 41.1 Å². The fraction of sp³-hybridized carbons (Fsp3) is 0. The van der Waals surface area contributed by atoms with Crippen LogP contribution in [0.1, 0.15) is 31.1 Å². The lowest BCUT2D eigenvalue weighted by molar-refractivity contribution is 0.0696. The molecule has 102 valence electrons. The summed E-state index contributed by atoms with van der Waals surface area (Å²) in [6.07, 6.45) is 1.21. The average Bonchev–Trinajstić information content (AvgIpc) is 2.90. The summed E-state index contributed by atoms with van der Waals surface area (Å²) in [4.78, 5) is 33.6. The number of nitrogens with one attached hydrogen (secondary N) is 1. The van der Waals surface area contributed by atoms with Crippen molar-refractivity contribution < 1.29 is 29.3 Å². The van der Waals surface area contributed by atoms with Crippen molar-refractivity contribution in [2.75, 3.05) is 0 Å². The summed E-state index contributed by atoms with van der Waals surface area (Å²) < 4.78 is 4.78. The molecule has 9 heteroatoms. The number of nitrogens with zero attached hydrogens (tertiary/aromatic N) is 2. The molecule has 0 aliphatic heterocycles. The van der Waals surface area contributed by atoms with Crippen molar-refractivity contribution in [1.29, 1.82) is 0 Å². The third kappa shape index (κ3) is 2.77. The van der Waals surface area contributed by atoms with Crippen LogP contribution in [0.4, 0.5) is 0 Å². The summed E-state index contributed by atoms with van der Waals surface area (Å²) >= 11 is 0. The maximum atomic E-state index is 11.8. The summed E-state index contributed by atoms with van der Waals surface area (Å²) in [7, 11) is 0. The standard InChI is InChI=1S/C11H7N3O6/c15-9(16)5-1-6(10(17)18)3-7(2-5)11(19)20-8-4-12-14-13-8/h1-4H,(H,15,16)(H,17,18)(H,12,13,14). The van der Waals surface area contributed by atoms with Crippen LogP contribution in [0.3, 0.4) is 0 Å². The molecular weight excluding hydrogens is 270 g/mol. The third-order valence-electron chi connectivity index (χ3n) is 2.25. The number of aromatic carboxylic acids is 2. The summed E-state index contributed by atoms with van der Waals surface area (Å²) in [6, 6.07) is 2.96. The molecule has 0 fully saturated rings. The molecule has 0 atom stereocenters. The Morgan fingerprint density at radius 1 is 1.00 bits per heavy atom. The van der Waals surface area contributed by atoms with Crippen molar-refractivity contribution in [1.82, 2.24) is 15.4 Å². The van der Waals surface area contributed by atoms with Crippen LogP contribution in [0.25, 0.3) is 0 Å². The summed E-state index contributed by atoms with van der Waals surface area (Å²) in [6.45, 7) is 0. The largest absolute Gasteiger partial charge is 0.478 e. The lowest BCUT2D eigenvalue weighted by Crippen LogP contribution is -2.12. The molecule has 1 aromatic heterocycles. The van der Waals surface area contributed by atoms with Gasteiger partial charge >= 0.3 is 17.9 Å². The van der Waals surface area contributed by atoms with E-state index in [9.17, 15) is 14.4 Å². The van der Waals surface area contributed by atoms with Gasteiger partial charge in [-0.3, -0.25) is 5.10 Å². The number of esters is 1. The fourth-order valence-electron chi connectivity index (χ4n) is 1.39. The highest BCUT2D eigenvalue weighted by Gasteiger charge is 2.17. The van der Waals surface area contributed by atoms with Crippen LogP contribution in [-0.4, -0.2) is 43.5 Å². The summed E-state index contributed by atoms with van der Waals surface area (Å²) in [5.74, 6) is -3.77. The molecule has 0 amide bonds. The molecule has 2 rings (SSSR count). The summed E-state index contributed by atoms with van der Waals surface area (Å²) in [5, 5.41) is 26.8. The summed E-state index contributed by atoms with van der Waals surface area (Å²) in [5.41, 5.74) is -0.890. The molecular formula is C11H7N3O6. The fourth-order valence-corrected chi connectivity index (χ4v) is 1.39. The van der Waals surface area contributed by atoms with Gasteiger partial charge in [0.1, 0.15) is 0 Å². The molecule has 0 bridgehead atoms. The monoisotopic (exact) mass is 277 g/mol. The third-order valence-corrected chi connectivity index (χ3v) is 2.25. The van der Waals surface area contributed by atoms with Gasteiger partial charge in [-0.2, -0.15) is 0 Å². The van der Waals surface area contributed by atoms with E-state index in [-0.39, 0.29) is 22.6 Å². The zero-order valence-electron chi connectivity index (χ0n) is 9.73. The smallest absolute Gasteiger partial charge is 0.345 e. The first kappa shape index (κ1) is 13.2. The highest BCUT2D eigenvalue weighted by atomic mass is 16.5. The van der Waals surface area contributed by atoms with E-state index in [0.29, 0.717) is 0 Å². The molecule has 0 saturated carbocycles. The number of rotatable bonds is 4. The maximum absolute atomic E-state index is 11.8. The maximum Gasteiger partial charge on any atom is 0.345 e. The molecule has 0 aliphatic rings. The van der Waals surface area contributed by atoms with Gasteiger partial charge < -0.3 is 14.9 Å². The lowest BCUT2D eigenvalue weighted by atomic mass is 10.1. The van der Waals surface area contributed by atoms with Crippen LogP contribution in [0.15, 0.2) is 24.4 Å². The van der Waals surface area contributed by atoms with E-state index in [2.05, 4.69) is 15.4 Å². The number of carboxylic acid groups (broad SMARTS) is 2. The normalized spacial score (nSPS) is 10.0. The Labute approximate surface area is 110 Å². The SMILES string of the molecule is O=C(O)c1cc(C(=O)O)cc(C(=O)Oc2c[nH]nn2)c1. The molecule has 0 unspecified atom stereocenters. The van der Waals surface area contributed by atoms with Gasteiger partial charge in [0.25, 0.3) is 5.88 Å². The number of benzene rings is 1. The van der Waals surface area contributed by atoms with Crippen molar-refractivity contribution in [3.63, 3.8) is 0 Å². The number of carbonyl (C=O) groups excluding carboxylic acids is 1. The molecule has 2 aromatic rings. The minimum atomic E-state index is -1.36. The van der Waals surface area contributed by atoms with E-state index in [1.807, 2.05) is 0 Å². The van der Waals surface area contributed by atoms with Gasteiger partial charge in [0, 0.05) is 0 Å². The lowest BCUT2D eigenvalue weighted by Gasteiger charge is -2.04. The van der Waals surface area contributed by atoms with Gasteiger partial charge in [0.05, 0.1) is 22.9 Å². The Kier molecular flexibility index (Phi) is 3.42. The molecule has 0 saturated heterocycles. The van der Waals surface area contributed by atoms with Crippen LogP contribution >= 0.6 is 0 Å². The Morgan fingerprint density at radius 3 is 2.00 bits per heavy atom. The predicted molar refractivity (Wildman–Crippen MR) is 61.7 cm³/mol. The van der Waals surface area contributed by atoms with Gasteiger partial charge in [0.15, 0.2) is 0 Å². The van der Waals surface area contributed by atoms with Crippen molar-refractivity contribution in [2.24, 2.45) is 0 Å². The number of aromatic amines is 1. The van der Waals surface area contributed by atoms with Crippen molar-refractivity contribution >= 4 is 17.9 Å². The number of carboxylic acids is 2. The van der Waals surface area contributed by atoms with Gasteiger partial charge in [-0.25, -0.2) is 14.4 Å². The second kappa shape index (κ2) is 5.18. The highest BCUT2D eigenvalue weighted by molar-refractivity contribution is 5.99. The first-order chi connectivity index (χ1) is 9.47. The number of hydrogen-bond acceptors (Lipinski definition) is 6. The van der Waals surface area contributed by atoms with E-state index in [4.69, 9.17) is 14.9 Å². The van der Waals surface area contributed by atoms with Gasteiger partial charge in [-0.05, 0) is 18.2 Å². The second-order valence-electron chi connectivity index (χ2n) is 3.61. The van der Waals surface area contributed by atoms with Crippen LogP contribution < -0.4 is 4.74 Å². The molecule has 0 aliphatic carbocycles. The number of ether oxygens (including phenoxy) is 1. The quantitative estimate of drug-likeness (QED) is 0.682. The number of carbonyl (C=O) groups is 3. The minimum Gasteiger partial charge on any atom is -0.478 e. The van der Waals surface area contributed by atoms with E-state index in [1.54, 1.807) is 0 Å². The van der Waals surface area contributed by atoms with Gasteiger partial charge in [-0.1, -0.05) is 10.3 Å². The topological polar surface area (TPSA) is 142 Å². The molecule has 0 radical (unpaired) electrons. The van der Waals surface area contributed by atoms with Crippen LogP contribution in [-0.2, 0) is 0 Å². The second-order valence-corrected chi connectivity index (χ2v) is 3.61. The van der Waals surface area contributed by atoms with Crippen LogP contribution in [0.5, 0.6) is 5.88 Å². The Balaban J connectivity index is 2.37. The van der Waals surface area contributed by atoms with E-state index >= 15 is 0 Å². The predicted octanol–water partition coefficient (Wildman–Crippen LogP) is 0.420. The molecule has 1 aromatic carbocycles. The van der Waals surface area contributed by atoms with Gasteiger partial charge in [-0.15, -0.1) is 0 Å². The molecule has 9 nitrogen and oxygen atoms in total. The molecule has 1 heterocycles. The average molecular weight is 277 g/mol.